The zero-order valence-electron chi connectivity index (χ0n) is 12.4. The van der Waals surface area contributed by atoms with Crippen molar-refractivity contribution < 1.29 is 9.59 Å². The Labute approximate surface area is 138 Å². The summed E-state index contributed by atoms with van der Waals surface area (Å²) in [7, 11) is 0. The highest BCUT2D eigenvalue weighted by Gasteiger charge is 2.09. The van der Waals surface area contributed by atoms with Gasteiger partial charge in [0.2, 0.25) is 5.91 Å². The van der Waals surface area contributed by atoms with E-state index in [0.29, 0.717) is 5.56 Å². The van der Waals surface area contributed by atoms with E-state index in [0.717, 1.165) is 21.3 Å². The molecule has 0 unspecified atom stereocenters. The molecule has 5 heteroatoms. The number of hydrogen-bond acceptors (Lipinski definition) is 2. The molecule has 0 saturated carbocycles. The fourth-order valence-corrected chi connectivity index (χ4v) is 2.28. The van der Waals surface area contributed by atoms with Gasteiger partial charge in [-0.1, -0.05) is 33.6 Å². The molecule has 114 valence electrons. The van der Waals surface area contributed by atoms with E-state index < -0.39 is 0 Å². The lowest BCUT2D eigenvalue weighted by molar-refractivity contribution is -0.115. The predicted octanol–water partition coefficient (Wildman–Crippen LogP) is 3.43. The fourth-order valence-electron chi connectivity index (χ4n) is 2.01. The molecule has 4 nitrogen and oxygen atoms in total. The van der Waals surface area contributed by atoms with Crippen molar-refractivity contribution in [1.29, 1.82) is 0 Å². The summed E-state index contributed by atoms with van der Waals surface area (Å²) in [4.78, 5) is 23.8. The van der Waals surface area contributed by atoms with Crippen LogP contribution < -0.4 is 10.6 Å². The SMILES string of the molecule is Cc1ccc(NC(=O)CNC(=O)c2ccc(Br)cc2)c(C)c1. The van der Waals surface area contributed by atoms with Gasteiger partial charge in [-0.3, -0.25) is 9.59 Å². The Hall–Kier alpha value is -2.14. The lowest BCUT2D eigenvalue weighted by Crippen LogP contribution is -2.32. The Morgan fingerprint density at radius 1 is 1.05 bits per heavy atom. The summed E-state index contributed by atoms with van der Waals surface area (Å²) in [6, 6.07) is 12.7. The van der Waals surface area contributed by atoms with Crippen LogP contribution in [0.25, 0.3) is 0 Å². The minimum Gasteiger partial charge on any atom is -0.343 e. The van der Waals surface area contributed by atoms with E-state index in [2.05, 4.69) is 26.6 Å². The molecule has 2 N–H and O–H groups in total. The van der Waals surface area contributed by atoms with Crippen molar-refractivity contribution >= 4 is 33.4 Å². The first-order valence-corrected chi connectivity index (χ1v) is 7.66. The number of halogens is 1. The van der Waals surface area contributed by atoms with Gasteiger partial charge < -0.3 is 10.6 Å². The van der Waals surface area contributed by atoms with E-state index in [-0.39, 0.29) is 18.4 Å². The third-order valence-corrected chi connectivity index (χ3v) is 3.70. The lowest BCUT2D eigenvalue weighted by Gasteiger charge is -2.10. The van der Waals surface area contributed by atoms with Crippen molar-refractivity contribution in [3.8, 4) is 0 Å². The minimum atomic E-state index is -0.275. The van der Waals surface area contributed by atoms with Crippen LogP contribution in [0, 0.1) is 13.8 Å². The number of nitrogens with one attached hydrogen (secondary N) is 2. The zero-order valence-corrected chi connectivity index (χ0v) is 14.0. The van der Waals surface area contributed by atoms with Gasteiger partial charge >= 0.3 is 0 Å². The zero-order chi connectivity index (χ0) is 16.1. The quantitative estimate of drug-likeness (QED) is 0.877. The molecule has 0 aliphatic heterocycles. The highest BCUT2D eigenvalue weighted by atomic mass is 79.9. The van der Waals surface area contributed by atoms with Crippen molar-refractivity contribution in [3.63, 3.8) is 0 Å². The van der Waals surface area contributed by atoms with Crippen LogP contribution in [0.5, 0.6) is 0 Å². The van der Waals surface area contributed by atoms with E-state index in [4.69, 9.17) is 0 Å². The van der Waals surface area contributed by atoms with E-state index in [1.54, 1.807) is 24.3 Å². The second-order valence-electron chi connectivity index (χ2n) is 5.06. The van der Waals surface area contributed by atoms with Crippen LogP contribution in [0.15, 0.2) is 46.9 Å². The highest BCUT2D eigenvalue weighted by molar-refractivity contribution is 9.10. The van der Waals surface area contributed by atoms with Crippen LogP contribution in [0.2, 0.25) is 0 Å². The summed E-state index contributed by atoms with van der Waals surface area (Å²) in [5, 5.41) is 5.40. The molecule has 0 aliphatic carbocycles. The van der Waals surface area contributed by atoms with Crippen molar-refractivity contribution in [2.75, 3.05) is 11.9 Å². The summed E-state index contributed by atoms with van der Waals surface area (Å²) in [5.74, 6) is -0.527. The number of anilines is 1. The van der Waals surface area contributed by atoms with E-state index in [9.17, 15) is 9.59 Å². The molecule has 2 aromatic rings. The van der Waals surface area contributed by atoms with E-state index >= 15 is 0 Å². The summed E-state index contributed by atoms with van der Waals surface area (Å²) in [6.07, 6.45) is 0. The van der Waals surface area contributed by atoms with E-state index in [1.807, 2.05) is 32.0 Å². The average Bonchev–Trinajstić information content (AvgIpc) is 2.48. The van der Waals surface area contributed by atoms with Crippen LogP contribution in [-0.2, 0) is 4.79 Å². The molecule has 0 atom stereocenters. The third kappa shape index (κ3) is 4.43. The number of carbonyl (C=O) groups is 2. The van der Waals surface area contributed by atoms with Gasteiger partial charge in [-0.15, -0.1) is 0 Å². The maximum absolute atomic E-state index is 11.9. The topological polar surface area (TPSA) is 58.2 Å². The smallest absolute Gasteiger partial charge is 0.251 e. The number of amides is 2. The summed E-state index contributed by atoms with van der Waals surface area (Å²) >= 11 is 3.31. The molecule has 0 heterocycles. The maximum Gasteiger partial charge on any atom is 0.251 e. The van der Waals surface area contributed by atoms with Crippen LogP contribution >= 0.6 is 15.9 Å². The summed E-state index contributed by atoms with van der Waals surface area (Å²) in [5.41, 5.74) is 3.41. The average molecular weight is 361 g/mol. The molecule has 0 fully saturated rings. The largest absolute Gasteiger partial charge is 0.343 e. The maximum atomic E-state index is 11.9. The Morgan fingerprint density at radius 3 is 2.36 bits per heavy atom. The summed E-state index contributed by atoms with van der Waals surface area (Å²) in [6.45, 7) is 3.86. The van der Waals surface area contributed by atoms with Gasteiger partial charge in [-0.2, -0.15) is 0 Å². The van der Waals surface area contributed by atoms with Gasteiger partial charge in [0.05, 0.1) is 6.54 Å². The molecule has 0 bridgehead atoms. The minimum absolute atomic E-state index is 0.0672. The molecule has 2 amide bonds. The van der Waals surface area contributed by atoms with Crippen LogP contribution in [0.1, 0.15) is 21.5 Å². The Bertz CT molecular complexity index is 696. The highest BCUT2D eigenvalue weighted by Crippen LogP contribution is 2.15. The molecular weight excluding hydrogens is 344 g/mol. The second kappa shape index (κ2) is 7.22. The Kier molecular flexibility index (Phi) is 5.33. The third-order valence-electron chi connectivity index (χ3n) is 3.17. The molecule has 0 saturated heterocycles. The molecular formula is C17H17BrN2O2. The van der Waals surface area contributed by atoms with Gasteiger partial charge in [0, 0.05) is 15.7 Å². The first-order chi connectivity index (χ1) is 10.5. The number of rotatable bonds is 4. The van der Waals surface area contributed by atoms with Crippen LogP contribution in [0.3, 0.4) is 0 Å². The number of aryl methyl sites for hydroxylation is 2. The molecule has 0 spiro atoms. The van der Waals surface area contributed by atoms with Gasteiger partial charge in [0.15, 0.2) is 0 Å². The Balaban J connectivity index is 1.89. The predicted molar refractivity (Wildman–Crippen MR) is 91.0 cm³/mol. The van der Waals surface area contributed by atoms with Crippen LogP contribution in [0.4, 0.5) is 5.69 Å². The van der Waals surface area contributed by atoms with Gasteiger partial charge in [-0.05, 0) is 49.7 Å². The van der Waals surface area contributed by atoms with Crippen molar-refractivity contribution in [1.82, 2.24) is 5.32 Å². The molecule has 0 aliphatic rings. The molecule has 0 radical (unpaired) electrons. The molecule has 2 rings (SSSR count). The van der Waals surface area contributed by atoms with Gasteiger partial charge in [-0.25, -0.2) is 0 Å². The van der Waals surface area contributed by atoms with Crippen LogP contribution in [-0.4, -0.2) is 18.4 Å². The summed E-state index contributed by atoms with van der Waals surface area (Å²) < 4.78 is 0.900. The Morgan fingerprint density at radius 2 is 1.73 bits per heavy atom. The molecule has 0 aromatic heterocycles. The van der Waals surface area contributed by atoms with Gasteiger partial charge in [0.1, 0.15) is 0 Å². The first-order valence-electron chi connectivity index (χ1n) is 6.86. The standard InChI is InChI=1S/C17H17BrN2O2/c1-11-3-8-15(12(2)9-11)20-16(21)10-19-17(22)13-4-6-14(18)7-5-13/h3-9H,10H2,1-2H3,(H,19,22)(H,20,21). The van der Waals surface area contributed by atoms with Crippen molar-refractivity contribution in [2.24, 2.45) is 0 Å². The molecule has 22 heavy (non-hydrogen) atoms. The number of carbonyl (C=O) groups excluding carboxylic acids is 2. The second-order valence-corrected chi connectivity index (χ2v) is 5.97. The van der Waals surface area contributed by atoms with Crippen molar-refractivity contribution in [3.05, 3.63) is 63.6 Å². The number of hydrogen-bond donors (Lipinski definition) is 2. The monoisotopic (exact) mass is 360 g/mol. The fraction of sp³-hybridized carbons (Fsp3) is 0.176. The van der Waals surface area contributed by atoms with E-state index in [1.165, 1.54) is 0 Å². The lowest BCUT2D eigenvalue weighted by atomic mass is 10.1. The van der Waals surface area contributed by atoms with Crippen molar-refractivity contribution in [2.45, 2.75) is 13.8 Å². The van der Waals surface area contributed by atoms with Gasteiger partial charge in [0.25, 0.3) is 5.91 Å². The number of benzene rings is 2. The molecule has 2 aromatic carbocycles. The normalized spacial score (nSPS) is 10.1. The first kappa shape index (κ1) is 16.2.